The lowest BCUT2D eigenvalue weighted by Crippen LogP contribution is -2.25. The second kappa shape index (κ2) is 7.45. The Labute approximate surface area is 113 Å². The lowest BCUT2D eigenvalue weighted by molar-refractivity contribution is -0.152. The zero-order valence-corrected chi connectivity index (χ0v) is 11.1. The minimum absolute atomic E-state index is 0.128. The lowest BCUT2D eigenvalue weighted by Gasteiger charge is -2.15. The van der Waals surface area contributed by atoms with E-state index in [4.69, 9.17) is 21.0 Å². The van der Waals surface area contributed by atoms with Crippen molar-refractivity contribution in [2.75, 3.05) is 7.11 Å². The third kappa shape index (κ3) is 5.02. The number of hydrogen-bond acceptors (Lipinski definition) is 3. The van der Waals surface area contributed by atoms with E-state index in [9.17, 15) is 4.79 Å². The van der Waals surface area contributed by atoms with Crippen LogP contribution in [0.5, 0.6) is 5.75 Å². The molecular formula is C15H18O4. The van der Waals surface area contributed by atoms with Gasteiger partial charge in [-0.1, -0.05) is 19.1 Å². The van der Waals surface area contributed by atoms with Gasteiger partial charge in [-0.15, -0.1) is 12.3 Å². The van der Waals surface area contributed by atoms with Crippen LogP contribution in [0.2, 0.25) is 0 Å². The van der Waals surface area contributed by atoms with Crippen molar-refractivity contribution in [2.45, 2.75) is 26.1 Å². The van der Waals surface area contributed by atoms with E-state index >= 15 is 0 Å². The predicted octanol–water partition coefficient (Wildman–Crippen LogP) is 2.32. The number of carboxylic acids is 1. The van der Waals surface area contributed by atoms with E-state index in [1.165, 1.54) is 0 Å². The predicted molar refractivity (Wildman–Crippen MR) is 71.8 cm³/mol. The highest BCUT2D eigenvalue weighted by Gasteiger charge is 2.20. The maximum atomic E-state index is 11.1. The van der Waals surface area contributed by atoms with Crippen molar-refractivity contribution in [1.29, 1.82) is 0 Å². The first-order valence-electron chi connectivity index (χ1n) is 6.00. The van der Waals surface area contributed by atoms with Gasteiger partial charge in [0.1, 0.15) is 5.75 Å². The summed E-state index contributed by atoms with van der Waals surface area (Å²) in [7, 11) is 1.59. The molecule has 4 heteroatoms. The normalized spacial score (nSPS) is 13.3. The fourth-order valence-corrected chi connectivity index (χ4v) is 1.55. The van der Waals surface area contributed by atoms with Crippen LogP contribution in [0.15, 0.2) is 24.3 Å². The molecule has 0 amide bonds. The molecule has 1 N–H and O–H groups in total. The Morgan fingerprint density at radius 3 is 2.53 bits per heavy atom. The molecule has 0 aliphatic heterocycles. The summed E-state index contributed by atoms with van der Waals surface area (Å²) in [4.78, 5) is 11.1. The number of carboxylic acid groups (broad SMARTS) is 1. The lowest BCUT2D eigenvalue weighted by atomic mass is 10.0. The van der Waals surface area contributed by atoms with Gasteiger partial charge in [-0.2, -0.15) is 0 Å². The van der Waals surface area contributed by atoms with E-state index in [-0.39, 0.29) is 12.5 Å². The van der Waals surface area contributed by atoms with Crippen LogP contribution in [-0.4, -0.2) is 24.3 Å². The molecule has 0 aromatic heterocycles. The molecule has 0 aliphatic carbocycles. The average molecular weight is 262 g/mol. The van der Waals surface area contributed by atoms with Crippen molar-refractivity contribution in [3.8, 4) is 18.1 Å². The number of carbonyl (C=O) groups is 1. The van der Waals surface area contributed by atoms with Crippen LogP contribution in [0.3, 0.4) is 0 Å². The van der Waals surface area contributed by atoms with E-state index in [0.29, 0.717) is 6.42 Å². The molecule has 19 heavy (non-hydrogen) atoms. The van der Waals surface area contributed by atoms with Crippen LogP contribution in [0, 0.1) is 18.3 Å². The summed E-state index contributed by atoms with van der Waals surface area (Å²) in [5, 5.41) is 9.06. The second-order valence-corrected chi connectivity index (χ2v) is 4.29. The van der Waals surface area contributed by atoms with Crippen molar-refractivity contribution in [3.63, 3.8) is 0 Å². The van der Waals surface area contributed by atoms with Gasteiger partial charge in [0, 0.05) is 5.92 Å². The van der Waals surface area contributed by atoms with Crippen LogP contribution in [-0.2, 0) is 16.1 Å². The number of aliphatic carboxylic acids is 1. The van der Waals surface area contributed by atoms with E-state index in [0.717, 1.165) is 11.3 Å². The van der Waals surface area contributed by atoms with Crippen LogP contribution in [0.25, 0.3) is 0 Å². The Bertz CT molecular complexity index is 444. The van der Waals surface area contributed by atoms with Gasteiger partial charge < -0.3 is 14.6 Å². The summed E-state index contributed by atoms with van der Waals surface area (Å²) in [5.41, 5.74) is 0.889. The van der Waals surface area contributed by atoms with E-state index in [2.05, 4.69) is 5.92 Å². The van der Waals surface area contributed by atoms with E-state index in [1.54, 1.807) is 26.2 Å². The highest BCUT2D eigenvalue weighted by Crippen LogP contribution is 2.15. The average Bonchev–Trinajstić information content (AvgIpc) is 2.43. The number of methoxy groups -OCH3 is 1. The summed E-state index contributed by atoms with van der Waals surface area (Å²) in [6.07, 6.45) is 4.67. The van der Waals surface area contributed by atoms with Crippen LogP contribution in [0.1, 0.15) is 18.9 Å². The molecule has 2 atom stereocenters. The Morgan fingerprint density at radius 2 is 2.05 bits per heavy atom. The molecule has 0 saturated heterocycles. The number of ether oxygens (including phenoxy) is 2. The van der Waals surface area contributed by atoms with E-state index < -0.39 is 12.1 Å². The molecule has 0 spiro atoms. The summed E-state index contributed by atoms with van der Waals surface area (Å²) in [5.74, 6) is 2.14. The molecule has 0 fully saturated rings. The van der Waals surface area contributed by atoms with Gasteiger partial charge >= 0.3 is 5.97 Å². The quantitative estimate of drug-likeness (QED) is 0.766. The van der Waals surface area contributed by atoms with Crippen molar-refractivity contribution >= 4 is 5.97 Å². The first-order chi connectivity index (χ1) is 9.06. The molecule has 0 aliphatic rings. The summed E-state index contributed by atoms with van der Waals surface area (Å²) >= 11 is 0. The molecular weight excluding hydrogens is 244 g/mol. The minimum Gasteiger partial charge on any atom is -0.497 e. The van der Waals surface area contributed by atoms with Crippen molar-refractivity contribution in [1.82, 2.24) is 0 Å². The van der Waals surface area contributed by atoms with Gasteiger partial charge in [0.15, 0.2) is 6.10 Å². The molecule has 1 aromatic carbocycles. The standard InChI is InChI=1S/C15H18O4/c1-4-11(2)9-14(15(16)17)19-10-12-5-7-13(18-3)8-6-12/h1,5-8,11,14H,9-10H2,2-3H3,(H,16,17)/t11-,14?/m0/s1. The molecule has 1 unspecified atom stereocenters. The SMILES string of the molecule is C#C[C@H](C)CC(OCc1ccc(OC)cc1)C(=O)O. The van der Waals surface area contributed by atoms with Gasteiger partial charge in [-0.3, -0.25) is 0 Å². The largest absolute Gasteiger partial charge is 0.497 e. The third-order valence-electron chi connectivity index (χ3n) is 2.74. The molecule has 1 rings (SSSR count). The highest BCUT2D eigenvalue weighted by atomic mass is 16.5. The van der Waals surface area contributed by atoms with Gasteiger partial charge in [0.2, 0.25) is 0 Å². The monoisotopic (exact) mass is 262 g/mol. The number of benzene rings is 1. The maximum Gasteiger partial charge on any atom is 0.332 e. The van der Waals surface area contributed by atoms with Crippen molar-refractivity contribution in [3.05, 3.63) is 29.8 Å². The van der Waals surface area contributed by atoms with Gasteiger partial charge in [0.25, 0.3) is 0 Å². The molecule has 4 nitrogen and oxygen atoms in total. The van der Waals surface area contributed by atoms with Gasteiger partial charge in [-0.25, -0.2) is 4.79 Å². The highest BCUT2D eigenvalue weighted by molar-refractivity contribution is 5.72. The number of terminal acetylenes is 1. The van der Waals surface area contributed by atoms with Crippen molar-refractivity contribution < 1.29 is 19.4 Å². The number of rotatable bonds is 7. The maximum absolute atomic E-state index is 11.1. The van der Waals surface area contributed by atoms with Gasteiger partial charge in [-0.05, 0) is 24.1 Å². The zero-order valence-electron chi connectivity index (χ0n) is 11.1. The Balaban J connectivity index is 2.55. The van der Waals surface area contributed by atoms with E-state index in [1.807, 2.05) is 12.1 Å². The summed E-state index contributed by atoms with van der Waals surface area (Å²) in [6, 6.07) is 7.28. The second-order valence-electron chi connectivity index (χ2n) is 4.29. The first-order valence-corrected chi connectivity index (χ1v) is 6.00. The Kier molecular flexibility index (Phi) is 5.91. The Hall–Kier alpha value is -1.99. The molecule has 0 saturated carbocycles. The van der Waals surface area contributed by atoms with Crippen LogP contribution >= 0.6 is 0 Å². The third-order valence-corrected chi connectivity index (χ3v) is 2.74. The molecule has 0 radical (unpaired) electrons. The van der Waals surface area contributed by atoms with Crippen molar-refractivity contribution in [2.24, 2.45) is 5.92 Å². The Morgan fingerprint density at radius 1 is 1.42 bits per heavy atom. The molecule has 102 valence electrons. The summed E-state index contributed by atoms with van der Waals surface area (Å²) in [6.45, 7) is 2.03. The fourth-order valence-electron chi connectivity index (χ4n) is 1.55. The molecule has 0 heterocycles. The van der Waals surface area contributed by atoms with Crippen LogP contribution in [0.4, 0.5) is 0 Å². The minimum atomic E-state index is -0.990. The topological polar surface area (TPSA) is 55.8 Å². The molecule has 0 bridgehead atoms. The smallest absolute Gasteiger partial charge is 0.332 e. The fraction of sp³-hybridized carbons (Fsp3) is 0.400. The van der Waals surface area contributed by atoms with Crippen LogP contribution < -0.4 is 4.74 Å². The first kappa shape index (κ1) is 15.1. The number of hydrogen-bond donors (Lipinski definition) is 1. The van der Waals surface area contributed by atoms with Gasteiger partial charge in [0.05, 0.1) is 13.7 Å². The zero-order chi connectivity index (χ0) is 14.3. The molecule has 1 aromatic rings. The summed E-state index contributed by atoms with van der Waals surface area (Å²) < 4.78 is 10.4.